The van der Waals surface area contributed by atoms with Crippen molar-refractivity contribution in [3.63, 3.8) is 0 Å². The van der Waals surface area contributed by atoms with Gasteiger partial charge in [0.25, 0.3) is 0 Å². The van der Waals surface area contributed by atoms with Gasteiger partial charge < -0.3 is 10.1 Å². The third-order valence-electron chi connectivity index (χ3n) is 2.16. The van der Waals surface area contributed by atoms with E-state index in [0.29, 0.717) is 6.04 Å². The largest absolute Gasteiger partial charge is 0.383 e. The molecule has 14 heavy (non-hydrogen) atoms. The van der Waals surface area contributed by atoms with E-state index < -0.39 is 0 Å². The van der Waals surface area contributed by atoms with Gasteiger partial charge in [0.05, 0.1) is 6.61 Å². The molecule has 2 nitrogen and oxygen atoms in total. The molecule has 3 heteroatoms. The van der Waals surface area contributed by atoms with E-state index in [0.717, 1.165) is 13.2 Å². The van der Waals surface area contributed by atoms with Crippen molar-refractivity contribution in [2.24, 2.45) is 0 Å². The standard InChI is InChI=1S/C11H19NOS/c1-3-5-10(12-7-8-13-2)11-6-4-9-14-11/h4,6,9-10,12H,3,5,7-8H2,1-2H3. The summed E-state index contributed by atoms with van der Waals surface area (Å²) in [7, 11) is 1.74. The van der Waals surface area contributed by atoms with Crippen LogP contribution in [0.1, 0.15) is 30.7 Å². The van der Waals surface area contributed by atoms with Gasteiger partial charge in [-0.15, -0.1) is 11.3 Å². The molecule has 1 unspecified atom stereocenters. The molecule has 1 aromatic heterocycles. The van der Waals surface area contributed by atoms with Crippen LogP contribution >= 0.6 is 11.3 Å². The van der Waals surface area contributed by atoms with Gasteiger partial charge in [-0.1, -0.05) is 19.4 Å². The van der Waals surface area contributed by atoms with Gasteiger partial charge in [0, 0.05) is 24.6 Å². The summed E-state index contributed by atoms with van der Waals surface area (Å²) < 4.78 is 5.03. The van der Waals surface area contributed by atoms with Crippen LogP contribution in [-0.4, -0.2) is 20.3 Å². The number of hydrogen-bond acceptors (Lipinski definition) is 3. The van der Waals surface area contributed by atoms with Crippen LogP contribution in [0.2, 0.25) is 0 Å². The fourth-order valence-corrected chi connectivity index (χ4v) is 2.30. The van der Waals surface area contributed by atoms with Crippen molar-refractivity contribution in [3.8, 4) is 0 Å². The Morgan fingerprint density at radius 1 is 1.57 bits per heavy atom. The molecule has 0 aliphatic heterocycles. The lowest BCUT2D eigenvalue weighted by molar-refractivity contribution is 0.195. The number of thiophene rings is 1. The van der Waals surface area contributed by atoms with Crippen molar-refractivity contribution in [2.75, 3.05) is 20.3 Å². The second-order valence-electron chi connectivity index (χ2n) is 3.30. The average molecular weight is 213 g/mol. The van der Waals surface area contributed by atoms with Gasteiger partial charge in [0.1, 0.15) is 0 Å². The molecule has 0 bridgehead atoms. The first-order valence-corrected chi connectivity index (χ1v) is 6.02. The summed E-state index contributed by atoms with van der Waals surface area (Å²) in [6.45, 7) is 3.93. The topological polar surface area (TPSA) is 21.3 Å². The Hall–Kier alpha value is -0.380. The highest BCUT2D eigenvalue weighted by Gasteiger charge is 2.09. The molecular weight excluding hydrogens is 194 g/mol. The molecule has 80 valence electrons. The van der Waals surface area contributed by atoms with E-state index in [1.165, 1.54) is 17.7 Å². The molecule has 1 N–H and O–H groups in total. The molecule has 0 amide bonds. The van der Waals surface area contributed by atoms with E-state index in [4.69, 9.17) is 4.74 Å². The van der Waals surface area contributed by atoms with Crippen LogP contribution in [0.4, 0.5) is 0 Å². The highest BCUT2D eigenvalue weighted by molar-refractivity contribution is 7.10. The minimum absolute atomic E-state index is 0.509. The Morgan fingerprint density at radius 3 is 3.00 bits per heavy atom. The van der Waals surface area contributed by atoms with Gasteiger partial charge in [-0.25, -0.2) is 0 Å². The van der Waals surface area contributed by atoms with Crippen LogP contribution in [0.5, 0.6) is 0 Å². The first-order chi connectivity index (χ1) is 6.88. The minimum atomic E-state index is 0.509. The van der Waals surface area contributed by atoms with Crippen LogP contribution < -0.4 is 5.32 Å². The fourth-order valence-electron chi connectivity index (χ4n) is 1.46. The zero-order valence-corrected chi connectivity index (χ0v) is 9.77. The normalized spacial score (nSPS) is 13.0. The lowest BCUT2D eigenvalue weighted by Gasteiger charge is -2.16. The van der Waals surface area contributed by atoms with Crippen molar-refractivity contribution in [2.45, 2.75) is 25.8 Å². The quantitative estimate of drug-likeness (QED) is 0.703. The van der Waals surface area contributed by atoms with E-state index in [1.807, 2.05) is 11.3 Å². The first-order valence-electron chi connectivity index (χ1n) is 5.14. The summed E-state index contributed by atoms with van der Waals surface area (Å²) >= 11 is 1.83. The van der Waals surface area contributed by atoms with E-state index >= 15 is 0 Å². The molecule has 0 saturated carbocycles. The molecule has 0 fully saturated rings. The maximum Gasteiger partial charge on any atom is 0.0587 e. The maximum atomic E-state index is 5.03. The van der Waals surface area contributed by atoms with Crippen molar-refractivity contribution < 1.29 is 4.74 Å². The lowest BCUT2D eigenvalue weighted by Crippen LogP contribution is -2.24. The molecule has 0 spiro atoms. The van der Waals surface area contributed by atoms with E-state index in [1.54, 1.807) is 7.11 Å². The molecule has 0 aliphatic rings. The zero-order chi connectivity index (χ0) is 10.2. The predicted molar refractivity (Wildman–Crippen MR) is 61.8 cm³/mol. The van der Waals surface area contributed by atoms with Gasteiger partial charge in [-0.2, -0.15) is 0 Å². The highest BCUT2D eigenvalue weighted by Crippen LogP contribution is 2.22. The van der Waals surface area contributed by atoms with Gasteiger partial charge in [-0.3, -0.25) is 0 Å². The smallest absolute Gasteiger partial charge is 0.0587 e. The number of hydrogen-bond donors (Lipinski definition) is 1. The number of rotatable bonds is 7. The number of methoxy groups -OCH3 is 1. The summed E-state index contributed by atoms with van der Waals surface area (Å²) in [6.07, 6.45) is 2.41. The molecular formula is C11H19NOS. The van der Waals surface area contributed by atoms with Crippen molar-refractivity contribution in [3.05, 3.63) is 22.4 Å². The average Bonchev–Trinajstić information content (AvgIpc) is 2.70. The highest BCUT2D eigenvalue weighted by atomic mass is 32.1. The second kappa shape index (κ2) is 6.98. The number of ether oxygens (including phenoxy) is 1. The third-order valence-corrected chi connectivity index (χ3v) is 3.15. The van der Waals surface area contributed by atoms with Crippen LogP contribution in [0.25, 0.3) is 0 Å². The van der Waals surface area contributed by atoms with Crippen molar-refractivity contribution >= 4 is 11.3 Å². The van der Waals surface area contributed by atoms with Crippen molar-refractivity contribution in [1.82, 2.24) is 5.32 Å². The van der Waals surface area contributed by atoms with E-state index in [2.05, 4.69) is 29.8 Å². The predicted octanol–water partition coefficient (Wildman–Crippen LogP) is 2.83. The van der Waals surface area contributed by atoms with Crippen LogP contribution in [0, 0.1) is 0 Å². The molecule has 1 rings (SSSR count). The SMILES string of the molecule is CCCC(NCCOC)c1cccs1. The Labute approximate surface area is 90.3 Å². The molecule has 1 aromatic rings. The van der Waals surface area contributed by atoms with Crippen molar-refractivity contribution in [1.29, 1.82) is 0 Å². The van der Waals surface area contributed by atoms with Crippen LogP contribution in [0.3, 0.4) is 0 Å². The molecule has 0 saturated heterocycles. The Morgan fingerprint density at radius 2 is 2.43 bits per heavy atom. The van der Waals surface area contributed by atoms with Crippen LogP contribution in [-0.2, 0) is 4.74 Å². The third kappa shape index (κ3) is 3.78. The Kier molecular flexibility index (Phi) is 5.83. The summed E-state index contributed by atoms with van der Waals surface area (Å²) in [5.41, 5.74) is 0. The maximum absolute atomic E-state index is 5.03. The molecule has 0 aliphatic carbocycles. The van der Waals surface area contributed by atoms with Gasteiger partial charge in [0.15, 0.2) is 0 Å². The van der Waals surface area contributed by atoms with Gasteiger partial charge in [-0.05, 0) is 17.9 Å². The second-order valence-corrected chi connectivity index (χ2v) is 4.28. The minimum Gasteiger partial charge on any atom is -0.383 e. The summed E-state index contributed by atoms with van der Waals surface area (Å²) in [6, 6.07) is 4.82. The van der Waals surface area contributed by atoms with E-state index in [-0.39, 0.29) is 0 Å². The van der Waals surface area contributed by atoms with Crippen LogP contribution in [0.15, 0.2) is 17.5 Å². The summed E-state index contributed by atoms with van der Waals surface area (Å²) in [5.74, 6) is 0. The molecule has 0 radical (unpaired) electrons. The fraction of sp³-hybridized carbons (Fsp3) is 0.636. The van der Waals surface area contributed by atoms with Gasteiger partial charge >= 0.3 is 0 Å². The summed E-state index contributed by atoms with van der Waals surface area (Å²) in [4.78, 5) is 1.43. The Bertz CT molecular complexity index is 223. The monoisotopic (exact) mass is 213 g/mol. The lowest BCUT2D eigenvalue weighted by atomic mass is 10.1. The number of nitrogens with one attached hydrogen (secondary N) is 1. The summed E-state index contributed by atoms with van der Waals surface area (Å²) in [5, 5.41) is 5.64. The molecule has 0 aromatic carbocycles. The zero-order valence-electron chi connectivity index (χ0n) is 8.95. The Balaban J connectivity index is 2.39. The first kappa shape index (κ1) is 11.7. The van der Waals surface area contributed by atoms with E-state index in [9.17, 15) is 0 Å². The molecule has 1 atom stereocenters. The molecule has 1 heterocycles. The van der Waals surface area contributed by atoms with Gasteiger partial charge in [0.2, 0.25) is 0 Å².